The Hall–Kier alpha value is 0.140. The molecular formula is C15H24BrNS. The van der Waals surface area contributed by atoms with Crippen molar-refractivity contribution < 1.29 is 0 Å². The van der Waals surface area contributed by atoms with Crippen molar-refractivity contribution in [2.24, 2.45) is 5.92 Å². The Kier molecular flexibility index (Phi) is 6.19. The van der Waals surface area contributed by atoms with Gasteiger partial charge in [0.05, 0.1) is 0 Å². The van der Waals surface area contributed by atoms with E-state index in [1.165, 1.54) is 54.3 Å². The predicted octanol–water partition coefficient (Wildman–Crippen LogP) is 5.35. The molecule has 1 aromatic rings. The highest BCUT2D eigenvalue weighted by Crippen LogP contribution is 2.27. The van der Waals surface area contributed by atoms with Crippen molar-refractivity contribution in [1.29, 1.82) is 0 Å². The van der Waals surface area contributed by atoms with Crippen molar-refractivity contribution in [3.05, 3.63) is 20.8 Å². The van der Waals surface area contributed by atoms with Crippen molar-refractivity contribution in [2.45, 2.75) is 64.5 Å². The summed E-state index contributed by atoms with van der Waals surface area (Å²) in [5.74, 6) is 0.996. The fourth-order valence-corrected chi connectivity index (χ4v) is 4.41. The van der Waals surface area contributed by atoms with Gasteiger partial charge in [-0.3, -0.25) is 0 Å². The Morgan fingerprint density at radius 1 is 1.33 bits per heavy atom. The molecule has 0 spiro atoms. The summed E-state index contributed by atoms with van der Waals surface area (Å²) in [5, 5.41) is 5.91. The van der Waals surface area contributed by atoms with Gasteiger partial charge in [-0.1, -0.05) is 32.6 Å². The third-order valence-corrected chi connectivity index (χ3v) is 5.95. The molecule has 2 rings (SSSR count). The van der Waals surface area contributed by atoms with Crippen molar-refractivity contribution in [1.82, 2.24) is 5.32 Å². The van der Waals surface area contributed by atoms with E-state index < -0.39 is 0 Å². The van der Waals surface area contributed by atoms with Crippen LogP contribution < -0.4 is 5.32 Å². The second-order valence-corrected chi connectivity index (χ2v) is 7.29. The zero-order chi connectivity index (χ0) is 12.8. The largest absolute Gasteiger partial charge is 0.309 e. The van der Waals surface area contributed by atoms with E-state index in [9.17, 15) is 0 Å². The van der Waals surface area contributed by atoms with Crippen LogP contribution in [-0.4, -0.2) is 6.04 Å². The predicted molar refractivity (Wildman–Crippen MR) is 84.1 cm³/mol. The summed E-state index contributed by atoms with van der Waals surface area (Å²) in [6.07, 6.45) is 9.81. The first-order valence-electron chi connectivity index (χ1n) is 7.24. The highest BCUT2D eigenvalue weighted by atomic mass is 79.9. The SMILES string of the molecule is CCCC1CCCC(NCc2sccc2Br)CC1. The van der Waals surface area contributed by atoms with Gasteiger partial charge >= 0.3 is 0 Å². The first-order valence-corrected chi connectivity index (χ1v) is 8.92. The van der Waals surface area contributed by atoms with Gasteiger partial charge in [-0.05, 0) is 52.6 Å². The molecule has 0 radical (unpaired) electrons. The molecule has 1 aliphatic carbocycles. The molecule has 1 saturated carbocycles. The number of hydrogen-bond acceptors (Lipinski definition) is 2. The molecule has 102 valence electrons. The molecule has 1 N–H and O–H groups in total. The quantitative estimate of drug-likeness (QED) is 0.718. The van der Waals surface area contributed by atoms with Crippen LogP contribution in [0.25, 0.3) is 0 Å². The summed E-state index contributed by atoms with van der Waals surface area (Å²) in [5.41, 5.74) is 0. The number of halogens is 1. The van der Waals surface area contributed by atoms with Crippen LogP contribution in [-0.2, 0) is 6.54 Å². The third-order valence-electron chi connectivity index (χ3n) is 4.03. The Balaban J connectivity index is 1.75. The maximum atomic E-state index is 3.75. The van der Waals surface area contributed by atoms with Crippen LogP contribution >= 0.6 is 27.3 Å². The summed E-state index contributed by atoms with van der Waals surface area (Å²) in [6, 6.07) is 2.88. The van der Waals surface area contributed by atoms with Gasteiger partial charge in [-0.25, -0.2) is 0 Å². The number of thiophene rings is 1. The standard InChI is InChI=1S/C15H24BrNS/c1-2-4-12-5-3-6-13(8-7-12)17-11-15-14(16)9-10-18-15/h9-10,12-13,17H,2-8,11H2,1H3. The van der Waals surface area contributed by atoms with Gasteiger partial charge in [0, 0.05) is 21.9 Å². The molecule has 1 nitrogen and oxygen atoms in total. The van der Waals surface area contributed by atoms with E-state index >= 15 is 0 Å². The number of hydrogen-bond donors (Lipinski definition) is 1. The summed E-state index contributed by atoms with van der Waals surface area (Å²) in [6.45, 7) is 3.34. The van der Waals surface area contributed by atoms with Gasteiger partial charge < -0.3 is 5.32 Å². The molecule has 0 saturated heterocycles. The first kappa shape index (κ1) is 14.5. The minimum Gasteiger partial charge on any atom is -0.309 e. The van der Waals surface area contributed by atoms with Gasteiger partial charge in [-0.2, -0.15) is 0 Å². The zero-order valence-electron chi connectivity index (χ0n) is 11.3. The smallest absolute Gasteiger partial charge is 0.0327 e. The molecule has 2 atom stereocenters. The van der Waals surface area contributed by atoms with Gasteiger partial charge in [0.2, 0.25) is 0 Å². The van der Waals surface area contributed by atoms with E-state index in [1.807, 2.05) is 11.3 Å². The molecule has 1 aliphatic rings. The highest BCUT2D eigenvalue weighted by Gasteiger charge is 2.18. The normalized spacial score (nSPS) is 25.0. The summed E-state index contributed by atoms with van der Waals surface area (Å²) in [7, 11) is 0. The summed E-state index contributed by atoms with van der Waals surface area (Å²) < 4.78 is 1.26. The summed E-state index contributed by atoms with van der Waals surface area (Å²) in [4.78, 5) is 1.43. The van der Waals surface area contributed by atoms with Gasteiger partial charge in [0.15, 0.2) is 0 Å². The van der Waals surface area contributed by atoms with Crippen molar-refractivity contribution >= 4 is 27.3 Å². The summed E-state index contributed by atoms with van der Waals surface area (Å²) >= 11 is 5.45. The van der Waals surface area contributed by atoms with Gasteiger partial charge in [-0.15, -0.1) is 11.3 Å². The second kappa shape index (κ2) is 7.66. The molecule has 1 aromatic heterocycles. The fraction of sp³-hybridized carbons (Fsp3) is 0.733. The average molecular weight is 330 g/mol. The van der Waals surface area contributed by atoms with Crippen LogP contribution in [0.1, 0.15) is 56.7 Å². The third kappa shape index (κ3) is 4.36. The van der Waals surface area contributed by atoms with Crippen LogP contribution in [0.3, 0.4) is 0 Å². The van der Waals surface area contributed by atoms with Gasteiger partial charge in [0.25, 0.3) is 0 Å². The van der Waals surface area contributed by atoms with E-state index in [2.05, 4.69) is 39.6 Å². The molecule has 2 unspecified atom stereocenters. The van der Waals surface area contributed by atoms with Crippen molar-refractivity contribution in [3.63, 3.8) is 0 Å². The Bertz CT molecular complexity index is 350. The Morgan fingerprint density at radius 3 is 2.94 bits per heavy atom. The lowest BCUT2D eigenvalue weighted by molar-refractivity contribution is 0.410. The van der Waals surface area contributed by atoms with Crippen LogP contribution in [0.5, 0.6) is 0 Å². The van der Waals surface area contributed by atoms with Crippen molar-refractivity contribution in [3.8, 4) is 0 Å². The van der Waals surface area contributed by atoms with Crippen LogP contribution in [0.4, 0.5) is 0 Å². The molecular weight excluding hydrogens is 306 g/mol. The number of nitrogens with one attached hydrogen (secondary N) is 1. The minimum absolute atomic E-state index is 0.737. The molecule has 1 heterocycles. The Morgan fingerprint density at radius 2 is 2.22 bits per heavy atom. The second-order valence-electron chi connectivity index (χ2n) is 5.43. The maximum Gasteiger partial charge on any atom is 0.0327 e. The molecule has 3 heteroatoms. The lowest BCUT2D eigenvalue weighted by Gasteiger charge is -2.16. The van der Waals surface area contributed by atoms with E-state index in [-0.39, 0.29) is 0 Å². The minimum atomic E-state index is 0.737. The van der Waals surface area contributed by atoms with E-state index in [4.69, 9.17) is 0 Å². The average Bonchev–Trinajstić information content (AvgIpc) is 2.63. The van der Waals surface area contributed by atoms with Crippen molar-refractivity contribution in [2.75, 3.05) is 0 Å². The Labute approximate surface area is 123 Å². The lowest BCUT2D eigenvalue weighted by Crippen LogP contribution is -2.27. The first-order chi connectivity index (χ1) is 8.79. The lowest BCUT2D eigenvalue weighted by atomic mass is 9.95. The molecule has 0 aliphatic heterocycles. The van der Waals surface area contributed by atoms with Crippen LogP contribution in [0.2, 0.25) is 0 Å². The van der Waals surface area contributed by atoms with E-state index in [0.717, 1.165) is 18.5 Å². The highest BCUT2D eigenvalue weighted by molar-refractivity contribution is 9.10. The molecule has 1 fully saturated rings. The molecule has 18 heavy (non-hydrogen) atoms. The van der Waals surface area contributed by atoms with E-state index in [0.29, 0.717) is 0 Å². The monoisotopic (exact) mass is 329 g/mol. The van der Waals surface area contributed by atoms with Gasteiger partial charge in [0.1, 0.15) is 0 Å². The topological polar surface area (TPSA) is 12.0 Å². The molecule has 0 bridgehead atoms. The zero-order valence-corrected chi connectivity index (χ0v) is 13.7. The van der Waals surface area contributed by atoms with Crippen LogP contribution in [0.15, 0.2) is 15.9 Å². The van der Waals surface area contributed by atoms with Crippen LogP contribution in [0, 0.1) is 5.92 Å². The molecule has 0 aromatic carbocycles. The fourth-order valence-electron chi connectivity index (χ4n) is 2.97. The number of rotatable bonds is 5. The van der Waals surface area contributed by atoms with E-state index in [1.54, 1.807) is 0 Å². The maximum absolute atomic E-state index is 3.75. The molecule has 0 amide bonds.